The van der Waals surface area contributed by atoms with E-state index in [0.717, 1.165) is 11.3 Å². The van der Waals surface area contributed by atoms with E-state index in [-0.39, 0.29) is 5.91 Å². The van der Waals surface area contributed by atoms with Gasteiger partial charge in [0, 0.05) is 13.1 Å². The lowest BCUT2D eigenvalue weighted by atomic mass is 10.2. The first-order chi connectivity index (χ1) is 9.45. The number of amides is 1. The van der Waals surface area contributed by atoms with Crippen LogP contribution in [-0.4, -0.2) is 21.8 Å². The van der Waals surface area contributed by atoms with Gasteiger partial charge >= 0.3 is 0 Å². The van der Waals surface area contributed by atoms with Crippen LogP contribution in [0.2, 0.25) is 0 Å². The second-order valence-corrected chi connectivity index (χ2v) is 4.86. The summed E-state index contributed by atoms with van der Waals surface area (Å²) in [6.07, 6.45) is -0.577. The van der Waals surface area contributed by atoms with E-state index < -0.39 is 6.10 Å². The molecule has 1 heterocycles. The van der Waals surface area contributed by atoms with Gasteiger partial charge in [-0.05, 0) is 38.5 Å². The van der Waals surface area contributed by atoms with Crippen LogP contribution in [-0.2, 0) is 11.8 Å². The molecule has 0 aliphatic rings. The quantitative estimate of drug-likeness (QED) is 0.931. The molecule has 2 rings (SSSR count). The van der Waals surface area contributed by atoms with Gasteiger partial charge < -0.3 is 10.1 Å². The fourth-order valence-corrected chi connectivity index (χ4v) is 1.90. The van der Waals surface area contributed by atoms with Crippen molar-refractivity contribution in [1.82, 2.24) is 9.78 Å². The van der Waals surface area contributed by atoms with E-state index in [1.807, 2.05) is 44.2 Å². The smallest absolute Gasteiger partial charge is 0.266 e. The monoisotopic (exact) mass is 273 g/mol. The maximum absolute atomic E-state index is 12.1. The van der Waals surface area contributed by atoms with Gasteiger partial charge in [-0.3, -0.25) is 9.48 Å². The lowest BCUT2D eigenvalue weighted by Crippen LogP contribution is -2.30. The Bertz CT molecular complexity index is 619. The molecule has 2 aromatic rings. The highest BCUT2D eigenvalue weighted by atomic mass is 16.5. The summed E-state index contributed by atoms with van der Waals surface area (Å²) in [6.45, 7) is 5.58. The zero-order chi connectivity index (χ0) is 14.7. The van der Waals surface area contributed by atoms with Crippen molar-refractivity contribution in [3.8, 4) is 5.75 Å². The van der Waals surface area contributed by atoms with Crippen molar-refractivity contribution >= 4 is 11.7 Å². The standard InChI is InChI=1S/C15H19N3O2/c1-10-6-5-7-13(8-10)20-12(3)15(19)16-14-9-11(2)17-18(14)4/h5-9,12H,1-4H3,(H,16,19)/t12-/m1/s1. The number of ether oxygens (including phenoxy) is 1. The summed E-state index contributed by atoms with van der Waals surface area (Å²) < 4.78 is 7.27. The zero-order valence-electron chi connectivity index (χ0n) is 12.2. The molecule has 20 heavy (non-hydrogen) atoms. The predicted molar refractivity (Wildman–Crippen MR) is 77.8 cm³/mol. The number of carbonyl (C=O) groups is 1. The maximum Gasteiger partial charge on any atom is 0.266 e. The van der Waals surface area contributed by atoms with E-state index in [9.17, 15) is 4.79 Å². The molecule has 0 saturated heterocycles. The number of rotatable bonds is 4. The minimum Gasteiger partial charge on any atom is -0.481 e. The molecule has 106 valence electrons. The highest BCUT2D eigenvalue weighted by molar-refractivity contribution is 5.93. The summed E-state index contributed by atoms with van der Waals surface area (Å²) in [4.78, 5) is 12.1. The Hall–Kier alpha value is -2.30. The van der Waals surface area contributed by atoms with E-state index in [2.05, 4.69) is 10.4 Å². The lowest BCUT2D eigenvalue weighted by molar-refractivity contribution is -0.122. The molecule has 0 aliphatic heterocycles. The van der Waals surface area contributed by atoms with Gasteiger partial charge in [0.05, 0.1) is 5.69 Å². The van der Waals surface area contributed by atoms with Crippen LogP contribution in [0.5, 0.6) is 5.75 Å². The Kier molecular flexibility index (Phi) is 4.08. The Morgan fingerprint density at radius 2 is 2.10 bits per heavy atom. The number of benzene rings is 1. The first kappa shape index (κ1) is 14.1. The highest BCUT2D eigenvalue weighted by Crippen LogP contribution is 2.15. The number of carbonyl (C=O) groups excluding carboxylic acids is 1. The van der Waals surface area contributed by atoms with Crippen LogP contribution in [0.15, 0.2) is 30.3 Å². The van der Waals surface area contributed by atoms with E-state index >= 15 is 0 Å². The Labute approximate surface area is 118 Å². The second kappa shape index (κ2) is 5.77. The van der Waals surface area contributed by atoms with Crippen molar-refractivity contribution in [2.75, 3.05) is 5.32 Å². The third-order valence-electron chi connectivity index (χ3n) is 2.92. The van der Waals surface area contributed by atoms with Crippen molar-refractivity contribution in [1.29, 1.82) is 0 Å². The summed E-state index contributed by atoms with van der Waals surface area (Å²) in [6, 6.07) is 9.44. The van der Waals surface area contributed by atoms with Gasteiger partial charge in [0.2, 0.25) is 0 Å². The number of nitrogens with zero attached hydrogens (tertiary/aromatic N) is 2. The van der Waals surface area contributed by atoms with Crippen LogP contribution in [0.1, 0.15) is 18.2 Å². The number of aromatic nitrogens is 2. The Balaban J connectivity index is 2.00. The molecule has 1 aromatic carbocycles. The Morgan fingerprint density at radius 1 is 1.35 bits per heavy atom. The van der Waals surface area contributed by atoms with Gasteiger partial charge in [0.25, 0.3) is 5.91 Å². The van der Waals surface area contributed by atoms with Crippen molar-refractivity contribution in [3.63, 3.8) is 0 Å². The van der Waals surface area contributed by atoms with Crippen LogP contribution in [0, 0.1) is 13.8 Å². The highest BCUT2D eigenvalue weighted by Gasteiger charge is 2.16. The first-order valence-electron chi connectivity index (χ1n) is 6.50. The zero-order valence-corrected chi connectivity index (χ0v) is 12.2. The minimum atomic E-state index is -0.577. The Morgan fingerprint density at radius 3 is 2.70 bits per heavy atom. The normalized spacial score (nSPS) is 12.0. The van der Waals surface area contributed by atoms with Crippen LogP contribution >= 0.6 is 0 Å². The second-order valence-electron chi connectivity index (χ2n) is 4.86. The van der Waals surface area contributed by atoms with Crippen LogP contribution in [0.4, 0.5) is 5.82 Å². The van der Waals surface area contributed by atoms with Crippen molar-refractivity contribution < 1.29 is 9.53 Å². The largest absolute Gasteiger partial charge is 0.481 e. The maximum atomic E-state index is 12.1. The molecule has 0 fully saturated rings. The van der Waals surface area contributed by atoms with E-state index in [1.54, 1.807) is 18.7 Å². The van der Waals surface area contributed by atoms with Crippen molar-refractivity contribution in [2.45, 2.75) is 26.9 Å². The summed E-state index contributed by atoms with van der Waals surface area (Å²) >= 11 is 0. The SMILES string of the molecule is Cc1cccc(O[C@H](C)C(=O)Nc2cc(C)nn2C)c1. The number of hydrogen-bond donors (Lipinski definition) is 1. The summed E-state index contributed by atoms with van der Waals surface area (Å²) in [5.41, 5.74) is 1.95. The minimum absolute atomic E-state index is 0.200. The molecular formula is C15H19N3O2. The van der Waals surface area contributed by atoms with Gasteiger partial charge in [-0.15, -0.1) is 0 Å². The van der Waals surface area contributed by atoms with Gasteiger partial charge in [-0.2, -0.15) is 5.10 Å². The molecule has 0 aliphatic carbocycles. The lowest BCUT2D eigenvalue weighted by Gasteiger charge is -2.15. The summed E-state index contributed by atoms with van der Waals surface area (Å²) in [7, 11) is 1.79. The average molecular weight is 273 g/mol. The van der Waals surface area contributed by atoms with Gasteiger partial charge in [-0.25, -0.2) is 0 Å². The molecular weight excluding hydrogens is 254 g/mol. The topological polar surface area (TPSA) is 56.1 Å². The van der Waals surface area contributed by atoms with E-state index in [4.69, 9.17) is 4.74 Å². The van der Waals surface area contributed by atoms with Gasteiger partial charge in [0.1, 0.15) is 11.6 Å². The van der Waals surface area contributed by atoms with Crippen molar-refractivity contribution in [2.24, 2.45) is 7.05 Å². The molecule has 1 amide bonds. The van der Waals surface area contributed by atoms with E-state index in [1.165, 1.54) is 0 Å². The average Bonchev–Trinajstić information content (AvgIpc) is 2.67. The van der Waals surface area contributed by atoms with Gasteiger partial charge in [-0.1, -0.05) is 12.1 Å². The molecule has 0 radical (unpaired) electrons. The molecule has 0 spiro atoms. The molecule has 5 heteroatoms. The third kappa shape index (κ3) is 3.38. The van der Waals surface area contributed by atoms with Crippen LogP contribution in [0.25, 0.3) is 0 Å². The molecule has 0 bridgehead atoms. The van der Waals surface area contributed by atoms with E-state index in [0.29, 0.717) is 11.6 Å². The number of nitrogens with one attached hydrogen (secondary N) is 1. The molecule has 5 nitrogen and oxygen atoms in total. The number of aryl methyl sites for hydroxylation is 3. The van der Waals surface area contributed by atoms with Gasteiger partial charge in [0.15, 0.2) is 6.10 Å². The molecule has 1 atom stereocenters. The number of anilines is 1. The summed E-state index contributed by atoms with van der Waals surface area (Å²) in [5.74, 6) is 1.15. The molecule has 1 N–H and O–H groups in total. The number of hydrogen-bond acceptors (Lipinski definition) is 3. The fraction of sp³-hybridized carbons (Fsp3) is 0.333. The fourth-order valence-electron chi connectivity index (χ4n) is 1.90. The summed E-state index contributed by atoms with van der Waals surface area (Å²) in [5, 5.41) is 6.98. The molecule has 1 aromatic heterocycles. The molecule has 0 unspecified atom stereocenters. The predicted octanol–water partition coefficient (Wildman–Crippen LogP) is 2.44. The molecule has 0 saturated carbocycles. The van der Waals surface area contributed by atoms with Crippen LogP contribution in [0.3, 0.4) is 0 Å². The van der Waals surface area contributed by atoms with Crippen LogP contribution < -0.4 is 10.1 Å². The van der Waals surface area contributed by atoms with Crippen molar-refractivity contribution in [3.05, 3.63) is 41.6 Å². The third-order valence-corrected chi connectivity index (χ3v) is 2.92. The first-order valence-corrected chi connectivity index (χ1v) is 6.50.